The molecule has 2 N–H and O–H groups in total. The summed E-state index contributed by atoms with van der Waals surface area (Å²) in [4.78, 5) is 11.2. The van der Waals surface area contributed by atoms with Crippen molar-refractivity contribution < 1.29 is 19.4 Å². The van der Waals surface area contributed by atoms with Crippen molar-refractivity contribution in [3.8, 4) is 11.5 Å². The number of aromatic carboxylic acids is 1. The summed E-state index contributed by atoms with van der Waals surface area (Å²) < 4.78 is 11.3. The van der Waals surface area contributed by atoms with E-state index < -0.39 is 5.97 Å². The molecule has 0 fully saturated rings. The molecule has 0 aliphatic heterocycles. The van der Waals surface area contributed by atoms with E-state index in [2.05, 4.69) is 5.32 Å². The third-order valence-electron chi connectivity index (χ3n) is 4.63. The average Bonchev–Trinajstić information content (AvgIpc) is 2.73. The smallest absolute Gasteiger partial charge is 0.335 e. The van der Waals surface area contributed by atoms with E-state index in [-0.39, 0.29) is 12.2 Å². The Balaban J connectivity index is 1.76. The maximum Gasteiger partial charge on any atom is 0.335 e. The molecule has 5 nitrogen and oxygen atoms in total. The van der Waals surface area contributed by atoms with Gasteiger partial charge >= 0.3 is 5.97 Å². The van der Waals surface area contributed by atoms with Crippen molar-refractivity contribution in [3.05, 3.63) is 86.9 Å². The monoisotopic (exact) mass is 445 g/mol. The van der Waals surface area contributed by atoms with Gasteiger partial charge in [-0.05, 0) is 42.3 Å². The first kappa shape index (κ1) is 21.8. The van der Waals surface area contributed by atoms with E-state index in [9.17, 15) is 9.90 Å². The van der Waals surface area contributed by atoms with Crippen LogP contribution in [-0.2, 0) is 13.2 Å². The highest BCUT2D eigenvalue weighted by Crippen LogP contribution is 2.35. The van der Waals surface area contributed by atoms with E-state index in [0.29, 0.717) is 28.1 Å². The van der Waals surface area contributed by atoms with Crippen LogP contribution < -0.4 is 14.8 Å². The summed E-state index contributed by atoms with van der Waals surface area (Å²) >= 11 is 12.6. The number of benzene rings is 3. The Morgan fingerprint density at radius 3 is 2.47 bits per heavy atom. The molecule has 30 heavy (non-hydrogen) atoms. The van der Waals surface area contributed by atoms with Gasteiger partial charge in [-0.25, -0.2) is 4.79 Å². The van der Waals surface area contributed by atoms with E-state index in [1.54, 1.807) is 43.5 Å². The lowest BCUT2D eigenvalue weighted by Gasteiger charge is -2.16. The van der Waals surface area contributed by atoms with Gasteiger partial charge in [0, 0.05) is 33.9 Å². The number of carboxylic acid groups (broad SMARTS) is 1. The number of aryl methyl sites for hydroxylation is 1. The van der Waals surface area contributed by atoms with Crippen LogP contribution in [0.5, 0.6) is 11.5 Å². The Kier molecular flexibility index (Phi) is 7.08. The molecule has 0 amide bonds. The van der Waals surface area contributed by atoms with Gasteiger partial charge in [0.25, 0.3) is 0 Å². The normalized spacial score (nSPS) is 10.5. The predicted octanol–water partition coefficient (Wildman–Crippen LogP) is 6.20. The van der Waals surface area contributed by atoms with Crippen LogP contribution in [0.2, 0.25) is 10.0 Å². The summed E-state index contributed by atoms with van der Waals surface area (Å²) in [5.74, 6) is 0.0762. The van der Waals surface area contributed by atoms with Crippen molar-refractivity contribution in [2.45, 2.75) is 20.1 Å². The van der Waals surface area contributed by atoms with Gasteiger partial charge in [0.1, 0.15) is 6.61 Å². The van der Waals surface area contributed by atoms with E-state index in [1.807, 2.05) is 25.1 Å². The van der Waals surface area contributed by atoms with Gasteiger partial charge in [0.15, 0.2) is 11.5 Å². The fraction of sp³-hybridized carbons (Fsp3) is 0.174. The first-order chi connectivity index (χ1) is 14.4. The number of hydrogen-bond acceptors (Lipinski definition) is 4. The van der Waals surface area contributed by atoms with Crippen molar-refractivity contribution in [2.24, 2.45) is 0 Å². The summed E-state index contributed by atoms with van der Waals surface area (Å²) in [6.45, 7) is 2.58. The zero-order valence-electron chi connectivity index (χ0n) is 16.5. The third kappa shape index (κ3) is 5.17. The molecule has 0 atom stereocenters. The SMILES string of the molecule is COc1cc(CNc2cc(C(=O)O)ccc2C)c(Cl)cc1OCc1ccccc1Cl. The largest absolute Gasteiger partial charge is 0.493 e. The van der Waals surface area contributed by atoms with Gasteiger partial charge in [-0.3, -0.25) is 0 Å². The van der Waals surface area contributed by atoms with Crippen molar-refractivity contribution in [1.29, 1.82) is 0 Å². The summed E-state index contributed by atoms with van der Waals surface area (Å²) in [6, 6.07) is 15.9. The Morgan fingerprint density at radius 2 is 1.77 bits per heavy atom. The molecule has 3 aromatic rings. The van der Waals surface area contributed by atoms with Crippen LogP contribution in [0.4, 0.5) is 5.69 Å². The van der Waals surface area contributed by atoms with E-state index in [4.69, 9.17) is 32.7 Å². The van der Waals surface area contributed by atoms with E-state index in [1.165, 1.54) is 0 Å². The number of anilines is 1. The van der Waals surface area contributed by atoms with E-state index in [0.717, 1.165) is 22.4 Å². The van der Waals surface area contributed by atoms with Crippen LogP contribution in [0.1, 0.15) is 27.0 Å². The topological polar surface area (TPSA) is 67.8 Å². The van der Waals surface area contributed by atoms with Crippen LogP contribution >= 0.6 is 23.2 Å². The Hall–Kier alpha value is -2.89. The molecule has 0 saturated heterocycles. The van der Waals surface area contributed by atoms with Gasteiger partial charge in [-0.1, -0.05) is 47.5 Å². The molecule has 3 aromatic carbocycles. The first-order valence-corrected chi connectivity index (χ1v) is 9.95. The summed E-state index contributed by atoms with van der Waals surface area (Å²) in [5.41, 5.74) is 3.53. The van der Waals surface area contributed by atoms with Crippen LogP contribution in [0.3, 0.4) is 0 Å². The highest BCUT2D eigenvalue weighted by atomic mass is 35.5. The van der Waals surface area contributed by atoms with Crippen LogP contribution in [-0.4, -0.2) is 18.2 Å². The van der Waals surface area contributed by atoms with Gasteiger partial charge in [0.2, 0.25) is 0 Å². The highest BCUT2D eigenvalue weighted by Gasteiger charge is 2.13. The standard InChI is InChI=1S/C23H21Cl2NO4/c1-14-7-8-15(23(27)28)9-20(14)26-12-17-10-21(29-2)22(11-19(17)25)30-13-16-5-3-4-6-18(16)24/h3-11,26H,12-13H2,1-2H3,(H,27,28). The first-order valence-electron chi connectivity index (χ1n) is 9.19. The van der Waals surface area contributed by atoms with Crippen LogP contribution in [0.25, 0.3) is 0 Å². The van der Waals surface area contributed by atoms with Crippen LogP contribution in [0.15, 0.2) is 54.6 Å². The number of ether oxygens (including phenoxy) is 2. The Bertz CT molecular complexity index is 1070. The van der Waals surface area contributed by atoms with Crippen molar-refractivity contribution in [2.75, 3.05) is 12.4 Å². The number of halogens is 2. The number of carbonyl (C=O) groups is 1. The number of hydrogen-bond donors (Lipinski definition) is 2. The highest BCUT2D eigenvalue weighted by molar-refractivity contribution is 6.31. The minimum Gasteiger partial charge on any atom is -0.493 e. The molecule has 3 rings (SSSR count). The molecule has 0 aromatic heterocycles. The minimum absolute atomic E-state index is 0.218. The second-order valence-electron chi connectivity index (χ2n) is 6.66. The lowest BCUT2D eigenvalue weighted by molar-refractivity contribution is 0.0697. The molecule has 0 aliphatic rings. The number of carboxylic acids is 1. The molecule has 0 heterocycles. The lowest BCUT2D eigenvalue weighted by atomic mass is 10.1. The van der Waals surface area contributed by atoms with Gasteiger partial charge in [-0.2, -0.15) is 0 Å². The second-order valence-corrected chi connectivity index (χ2v) is 7.48. The molecular weight excluding hydrogens is 425 g/mol. The molecule has 0 unspecified atom stereocenters. The molecule has 0 radical (unpaired) electrons. The molecule has 7 heteroatoms. The van der Waals surface area contributed by atoms with Crippen molar-refractivity contribution >= 4 is 34.9 Å². The van der Waals surface area contributed by atoms with Gasteiger partial charge < -0.3 is 19.9 Å². The van der Waals surface area contributed by atoms with E-state index >= 15 is 0 Å². The Morgan fingerprint density at radius 1 is 1.00 bits per heavy atom. The molecule has 0 aliphatic carbocycles. The summed E-state index contributed by atoms with van der Waals surface area (Å²) in [5, 5.41) is 13.6. The fourth-order valence-electron chi connectivity index (χ4n) is 2.89. The fourth-order valence-corrected chi connectivity index (χ4v) is 3.30. The molecule has 0 saturated carbocycles. The van der Waals surface area contributed by atoms with Gasteiger partial charge in [-0.15, -0.1) is 0 Å². The predicted molar refractivity (Wildman–Crippen MR) is 119 cm³/mol. The quantitative estimate of drug-likeness (QED) is 0.431. The molecular formula is C23H21Cl2NO4. The Labute approximate surface area is 185 Å². The number of rotatable bonds is 8. The molecule has 156 valence electrons. The maximum absolute atomic E-state index is 11.2. The third-order valence-corrected chi connectivity index (χ3v) is 5.35. The second kappa shape index (κ2) is 9.74. The lowest BCUT2D eigenvalue weighted by Crippen LogP contribution is -2.05. The maximum atomic E-state index is 11.2. The van der Waals surface area contributed by atoms with Crippen molar-refractivity contribution in [1.82, 2.24) is 0 Å². The zero-order valence-corrected chi connectivity index (χ0v) is 18.1. The van der Waals surface area contributed by atoms with Gasteiger partial charge in [0.05, 0.1) is 12.7 Å². The zero-order chi connectivity index (χ0) is 21.7. The molecule has 0 spiro atoms. The number of nitrogens with one attached hydrogen (secondary N) is 1. The van der Waals surface area contributed by atoms with Crippen LogP contribution in [0, 0.1) is 6.92 Å². The van der Waals surface area contributed by atoms with Crippen molar-refractivity contribution in [3.63, 3.8) is 0 Å². The number of methoxy groups -OCH3 is 1. The summed E-state index contributed by atoms with van der Waals surface area (Å²) in [6.07, 6.45) is 0. The summed E-state index contributed by atoms with van der Waals surface area (Å²) in [7, 11) is 1.56. The molecule has 0 bridgehead atoms. The average molecular weight is 446 g/mol. The minimum atomic E-state index is -0.974.